The number of carbonyl (C=O) groups is 1. The quantitative estimate of drug-likeness (QED) is 0.473. The number of thioether (sulfide) groups is 1. The third-order valence-corrected chi connectivity index (χ3v) is 5.37. The summed E-state index contributed by atoms with van der Waals surface area (Å²) < 4.78 is 7.44. The van der Waals surface area contributed by atoms with Gasteiger partial charge in [-0.05, 0) is 55.8 Å². The van der Waals surface area contributed by atoms with Crippen molar-refractivity contribution in [3.63, 3.8) is 0 Å². The Kier molecular flexibility index (Phi) is 7.52. The summed E-state index contributed by atoms with van der Waals surface area (Å²) in [6.45, 7) is 4.89. The maximum atomic E-state index is 13.0. The molecule has 7 heteroatoms. The molecule has 0 aliphatic carbocycles. The highest BCUT2D eigenvalue weighted by atomic mass is 32.2. The van der Waals surface area contributed by atoms with Crippen molar-refractivity contribution in [3.05, 3.63) is 66.5 Å². The van der Waals surface area contributed by atoms with Crippen molar-refractivity contribution >= 4 is 23.4 Å². The largest absolute Gasteiger partial charge is 0.494 e. The highest BCUT2D eigenvalue weighted by molar-refractivity contribution is 7.99. The Bertz CT molecular complexity index is 1020. The average Bonchev–Trinajstić information content (AvgIpc) is 3.22. The van der Waals surface area contributed by atoms with Crippen LogP contribution < -0.4 is 9.64 Å². The van der Waals surface area contributed by atoms with E-state index >= 15 is 0 Å². The number of carbonyl (C=O) groups excluding carboxylic acids is 1. The van der Waals surface area contributed by atoms with Gasteiger partial charge in [0.25, 0.3) is 0 Å². The Labute approximate surface area is 181 Å². The number of rotatable bonds is 9. The Morgan fingerprint density at radius 3 is 2.77 bits per heavy atom. The minimum atomic E-state index is -0.0711. The van der Waals surface area contributed by atoms with Crippen LogP contribution in [0.5, 0.6) is 5.75 Å². The molecule has 1 heterocycles. The second kappa shape index (κ2) is 10.5. The number of nitriles is 1. The van der Waals surface area contributed by atoms with Gasteiger partial charge in [0.2, 0.25) is 5.91 Å². The molecule has 0 aliphatic rings. The monoisotopic (exact) mass is 420 g/mol. The zero-order chi connectivity index (χ0) is 21.3. The molecule has 6 nitrogen and oxygen atoms in total. The number of nitrogens with zero attached hydrogens (tertiary/aromatic N) is 4. The van der Waals surface area contributed by atoms with Gasteiger partial charge in [0, 0.05) is 30.3 Å². The smallest absolute Gasteiger partial charge is 0.237 e. The van der Waals surface area contributed by atoms with Crippen molar-refractivity contribution < 1.29 is 9.53 Å². The zero-order valence-corrected chi connectivity index (χ0v) is 17.9. The highest BCUT2D eigenvalue weighted by Crippen LogP contribution is 2.24. The van der Waals surface area contributed by atoms with E-state index in [4.69, 9.17) is 10.00 Å². The van der Waals surface area contributed by atoms with Crippen LogP contribution in [0.3, 0.4) is 0 Å². The molecule has 0 aliphatic heterocycles. The maximum Gasteiger partial charge on any atom is 0.237 e. The van der Waals surface area contributed by atoms with Gasteiger partial charge in [0.05, 0.1) is 24.8 Å². The molecule has 1 amide bonds. The number of aromatic nitrogens is 2. The van der Waals surface area contributed by atoms with Crippen molar-refractivity contribution in [1.82, 2.24) is 9.55 Å². The lowest BCUT2D eigenvalue weighted by atomic mass is 10.2. The van der Waals surface area contributed by atoms with Crippen LogP contribution in [0.4, 0.5) is 5.69 Å². The second-order valence-corrected chi connectivity index (χ2v) is 7.53. The molecule has 0 atom stereocenters. The maximum absolute atomic E-state index is 13.0. The normalized spacial score (nSPS) is 10.4. The van der Waals surface area contributed by atoms with E-state index in [0.29, 0.717) is 13.2 Å². The number of hydrogen-bond donors (Lipinski definition) is 0. The van der Waals surface area contributed by atoms with Gasteiger partial charge in [-0.1, -0.05) is 23.9 Å². The molecule has 0 saturated heterocycles. The minimum Gasteiger partial charge on any atom is -0.494 e. The van der Waals surface area contributed by atoms with Crippen LogP contribution in [0, 0.1) is 18.3 Å². The van der Waals surface area contributed by atoms with E-state index in [2.05, 4.69) is 17.1 Å². The topological polar surface area (TPSA) is 71.2 Å². The van der Waals surface area contributed by atoms with Gasteiger partial charge in [0.15, 0.2) is 5.16 Å². The molecule has 30 heavy (non-hydrogen) atoms. The Hall–Kier alpha value is -3.24. The number of benzene rings is 2. The summed E-state index contributed by atoms with van der Waals surface area (Å²) in [4.78, 5) is 19.0. The molecule has 0 unspecified atom stereocenters. The fraction of sp³-hybridized carbons (Fsp3) is 0.261. The van der Waals surface area contributed by atoms with Crippen LogP contribution in [-0.4, -0.2) is 34.4 Å². The lowest BCUT2D eigenvalue weighted by Crippen LogP contribution is -2.33. The lowest BCUT2D eigenvalue weighted by Gasteiger charge is -2.22. The molecule has 0 radical (unpaired) electrons. The third kappa shape index (κ3) is 5.43. The third-order valence-electron chi connectivity index (χ3n) is 4.42. The van der Waals surface area contributed by atoms with E-state index in [1.54, 1.807) is 11.1 Å². The van der Waals surface area contributed by atoms with Crippen molar-refractivity contribution in [2.75, 3.05) is 23.8 Å². The Morgan fingerprint density at radius 1 is 1.27 bits per heavy atom. The van der Waals surface area contributed by atoms with Crippen LogP contribution in [0.1, 0.15) is 18.9 Å². The molecule has 3 aromatic rings. The Morgan fingerprint density at radius 2 is 2.07 bits per heavy atom. The number of amides is 1. The van der Waals surface area contributed by atoms with Gasteiger partial charge < -0.3 is 9.64 Å². The fourth-order valence-corrected chi connectivity index (χ4v) is 3.87. The lowest BCUT2D eigenvalue weighted by molar-refractivity contribution is -0.116. The molecule has 0 spiro atoms. The molecule has 3 rings (SSSR count). The van der Waals surface area contributed by atoms with Crippen molar-refractivity contribution in [1.29, 1.82) is 5.26 Å². The molecule has 0 N–H and O–H groups in total. The number of imidazole rings is 1. The summed E-state index contributed by atoms with van der Waals surface area (Å²) in [5.41, 5.74) is 2.92. The SMILES string of the molecule is CCOc1ccc(N(CCC#N)C(=O)CSc2nccn2-c2cccc(C)c2)cc1. The van der Waals surface area contributed by atoms with Gasteiger partial charge >= 0.3 is 0 Å². The van der Waals surface area contributed by atoms with Gasteiger partial charge in [-0.25, -0.2) is 4.98 Å². The molecule has 0 fully saturated rings. The van der Waals surface area contributed by atoms with E-state index in [9.17, 15) is 4.79 Å². The van der Waals surface area contributed by atoms with Crippen molar-refractivity contribution in [2.45, 2.75) is 25.4 Å². The van der Waals surface area contributed by atoms with Crippen LogP contribution in [0.15, 0.2) is 66.1 Å². The first kappa shape index (κ1) is 21.5. The van der Waals surface area contributed by atoms with Gasteiger partial charge in [-0.2, -0.15) is 5.26 Å². The summed E-state index contributed by atoms with van der Waals surface area (Å²) in [5.74, 6) is 0.906. The Balaban J connectivity index is 1.72. The predicted octanol–water partition coefficient (Wildman–Crippen LogP) is 4.62. The van der Waals surface area contributed by atoms with Crippen molar-refractivity contribution in [3.8, 4) is 17.5 Å². The van der Waals surface area contributed by atoms with Gasteiger partial charge in [-0.15, -0.1) is 0 Å². The molecule has 0 saturated carbocycles. The highest BCUT2D eigenvalue weighted by Gasteiger charge is 2.17. The summed E-state index contributed by atoms with van der Waals surface area (Å²) in [5, 5.41) is 9.75. The number of anilines is 1. The van der Waals surface area contributed by atoms with Gasteiger partial charge in [0.1, 0.15) is 5.75 Å². The molecular formula is C23H24N4O2S. The van der Waals surface area contributed by atoms with Gasteiger partial charge in [-0.3, -0.25) is 9.36 Å². The summed E-state index contributed by atoms with van der Waals surface area (Å²) in [6.07, 6.45) is 3.89. The van der Waals surface area contributed by atoms with Crippen LogP contribution in [0.25, 0.3) is 5.69 Å². The number of aryl methyl sites for hydroxylation is 1. The average molecular weight is 421 g/mol. The van der Waals surface area contributed by atoms with Crippen LogP contribution >= 0.6 is 11.8 Å². The summed E-state index contributed by atoms with van der Waals surface area (Å²) in [6, 6.07) is 17.6. The molecular weight excluding hydrogens is 396 g/mol. The van der Waals surface area contributed by atoms with Crippen molar-refractivity contribution in [2.24, 2.45) is 0 Å². The molecule has 0 bridgehead atoms. The number of ether oxygens (including phenoxy) is 1. The van der Waals surface area contributed by atoms with E-state index in [-0.39, 0.29) is 18.1 Å². The number of hydrogen-bond acceptors (Lipinski definition) is 5. The molecule has 154 valence electrons. The summed E-state index contributed by atoms with van der Waals surface area (Å²) in [7, 11) is 0. The predicted molar refractivity (Wildman–Crippen MR) is 119 cm³/mol. The zero-order valence-electron chi connectivity index (χ0n) is 17.1. The first-order valence-electron chi connectivity index (χ1n) is 9.75. The van der Waals surface area contributed by atoms with E-state index < -0.39 is 0 Å². The minimum absolute atomic E-state index is 0.0711. The first-order valence-corrected chi connectivity index (χ1v) is 10.7. The van der Waals surface area contributed by atoms with Crippen LogP contribution in [0.2, 0.25) is 0 Å². The first-order chi connectivity index (χ1) is 14.6. The standard InChI is InChI=1S/C23H24N4O2S/c1-3-29-21-10-8-19(9-11-21)26(14-5-12-24)22(28)17-30-23-25-13-15-27(23)20-7-4-6-18(2)16-20/h4,6-11,13,15-16H,3,5,14,17H2,1-2H3. The van der Waals surface area contributed by atoms with Crippen LogP contribution in [-0.2, 0) is 4.79 Å². The summed E-state index contributed by atoms with van der Waals surface area (Å²) >= 11 is 1.38. The fourth-order valence-electron chi connectivity index (χ4n) is 3.02. The van der Waals surface area contributed by atoms with E-state index in [1.807, 2.05) is 67.1 Å². The van der Waals surface area contributed by atoms with E-state index in [1.165, 1.54) is 11.8 Å². The second-order valence-electron chi connectivity index (χ2n) is 6.59. The van der Waals surface area contributed by atoms with E-state index in [0.717, 1.165) is 27.8 Å². The molecule has 1 aromatic heterocycles. The molecule has 2 aromatic carbocycles.